The third kappa shape index (κ3) is 1.65. The van der Waals surface area contributed by atoms with E-state index in [1.165, 1.54) is 32.1 Å². The number of hydrogen-bond acceptors (Lipinski definition) is 0. The third-order valence-corrected chi connectivity index (χ3v) is 5.08. The minimum absolute atomic E-state index is 0.994. The molecule has 0 heterocycles. The molecule has 2 aliphatic rings. The van der Waals surface area contributed by atoms with Gasteiger partial charge in [-0.15, -0.1) is 0 Å². The summed E-state index contributed by atoms with van der Waals surface area (Å²) in [6.07, 6.45) is 7.55. The van der Waals surface area contributed by atoms with E-state index < -0.39 is 0 Å². The van der Waals surface area contributed by atoms with Gasteiger partial charge in [-0.05, 0) is 36.0 Å². The molecule has 0 radical (unpaired) electrons. The highest BCUT2D eigenvalue weighted by Gasteiger charge is 2.37. The Morgan fingerprint density at radius 3 is 1.92 bits per heavy atom. The lowest BCUT2D eigenvalue weighted by Gasteiger charge is -2.45. The molecule has 0 aromatic heterocycles. The molecule has 13 heavy (non-hydrogen) atoms. The van der Waals surface area contributed by atoms with E-state index in [1.807, 2.05) is 0 Å². The summed E-state index contributed by atoms with van der Waals surface area (Å²) in [5.74, 6) is 5.17. The Labute approximate surface area is 83.1 Å². The van der Waals surface area contributed by atoms with Gasteiger partial charge in [0.2, 0.25) is 0 Å². The van der Waals surface area contributed by atoms with Crippen LogP contribution < -0.4 is 0 Å². The first-order valence-electron chi connectivity index (χ1n) is 6.20. The fraction of sp³-hybridized carbons (Fsp3) is 1.00. The zero-order valence-corrected chi connectivity index (χ0v) is 9.42. The SMILES string of the molecule is CC1CCC1C(C)C(C)C1CCC1. The van der Waals surface area contributed by atoms with E-state index in [4.69, 9.17) is 0 Å². The summed E-state index contributed by atoms with van der Waals surface area (Å²) in [4.78, 5) is 0. The van der Waals surface area contributed by atoms with Crippen molar-refractivity contribution in [2.45, 2.75) is 52.9 Å². The molecule has 0 heteroatoms. The van der Waals surface area contributed by atoms with E-state index in [2.05, 4.69) is 20.8 Å². The van der Waals surface area contributed by atoms with Crippen molar-refractivity contribution in [1.82, 2.24) is 0 Å². The standard InChI is InChI=1S/C13H24/c1-9-7-8-13(9)11(3)10(2)12-5-4-6-12/h9-13H,4-8H2,1-3H3. The van der Waals surface area contributed by atoms with Crippen molar-refractivity contribution >= 4 is 0 Å². The van der Waals surface area contributed by atoms with Gasteiger partial charge in [-0.25, -0.2) is 0 Å². The molecule has 0 aromatic rings. The molecule has 0 bridgehead atoms. The zero-order valence-electron chi connectivity index (χ0n) is 9.42. The van der Waals surface area contributed by atoms with Gasteiger partial charge in [-0.3, -0.25) is 0 Å². The van der Waals surface area contributed by atoms with Gasteiger partial charge in [0.25, 0.3) is 0 Å². The molecule has 2 saturated carbocycles. The van der Waals surface area contributed by atoms with E-state index in [0.717, 1.165) is 29.6 Å². The Morgan fingerprint density at radius 2 is 1.62 bits per heavy atom. The van der Waals surface area contributed by atoms with Gasteiger partial charge in [-0.2, -0.15) is 0 Å². The van der Waals surface area contributed by atoms with Crippen molar-refractivity contribution in [3.05, 3.63) is 0 Å². The average Bonchev–Trinajstić information content (AvgIpc) is 1.98. The van der Waals surface area contributed by atoms with Crippen LogP contribution in [0.5, 0.6) is 0 Å². The third-order valence-electron chi connectivity index (χ3n) is 5.08. The maximum atomic E-state index is 2.50. The summed E-state index contributed by atoms with van der Waals surface area (Å²) in [6.45, 7) is 7.45. The monoisotopic (exact) mass is 180 g/mol. The van der Waals surface area contributed by atoms with Crippen molar-refractivity contribution in [1.29, 1.82) is 0 Å². The van der Waals surface area contributed by atoms with E-state index >= 15 is 0 Å². The van der Waals surface area contributed by atoms with Gasteiger partial charge in [0.15, 0.2) is 0 Å². The molecule has 4 unspecified atom stereocenters. The summed E-state index contributed by atoms with van der Waals surface area (Å²) in [5, 5.41) is 0. The van der Waals surface area contributed by atoms with Crippen LogP contribution in [0.2, 0.25) is 0 Å². The van der Waals surface area contributed by atoms with Gasteiger partial charge >= 0.3 is 0 Å². The molecule has 0 N–H and O–H groups in total. The number of hydrogen-bond donors (Lipinski definition) is 0. The first-order chi connectivity index (χ1) is 6.20. The molecule has 0 aliphatic heterocycles. The minimum atomic E-state index is 0.994. The van der Waals surface area contributed by atoms with Crippen LogP contribution in [0, 0.1) is 29.6 Å². The second-order valence-electron chi connectivity index (χ2n) is 5.63. The van der Waals surface area contributed by atoms with Crippen LogP contribution in [0.25, 0.3) is 0 Å². The summed E-state index contributed by atoms with van der Waals surface area (Å²) in [6, 6.07) is 0. The summed E-state index contributed by atoms with van der Waals surface area (Å²) in [7, 11) is 0. The largest absolute Gasteiger partial charge is 0.0622 e. The lowest BCUT2D eigenvalue weighted by atomic mass is 9.61. The second-order valence-corrected chi connectivity index (χ2v) is 5.63. The normalized spacial score (nSPS) is 39.0. The molecule has 76 valence electrons. The van der Waals surface area contributed by atoms with Gasteiger partial charge < -0.3 is 0 Å². The van der Waals surface area contributed by atoms with E-state index in [0.29, 0.717) is 0 Å². The first-order valence-corrected chi connectivity index (χ1v) is 6.20. The molecule has 4 atom stereocenters. The van der Waals surface area contributed by atoms with Crippen molar-refractivity contribution in [2.75, 3.05) is 0 Å². The average molecular weight is 180 g/mol. The van der Waals surface area contributed by atoms with Crippen molar-refractivity contribution in [2.24, 2.45) is 29.6 Å². The van der Waals surface area contributed by atoms with Gasteiger partial charge in [0, 0.05) is 0 Å². The second kappa shape index (κ2) is 3.63. The Hall–Kier alpha value is 0. The summed E-state index contributed by atoms with van der Waals surface area (Å²) >= 11 is 0. The zero-order chi connectivity index (χ0) is 9.42. The van der Waals surface area contributed by atoms with Crippen molar-refractivity contribution in [3.8, 4) is 0 Å². The molecule has 0 saturated heterocycles. The van der Waals surface area contributed by atoms with Crippen LogP contribution in [0.1, 0.15) is 52.9 Å². The summed E-state index contributed by atoms with van der Waals surface area (Å²) < 4.78 is 0. The minimum Gasteiger partial charge on any atom is -0.0622 e. The highest BCUT2D eigenvalue weighted by atomic mass is 14.4. The van der Waals surface area contributed by atoms with Crippen molar-refractivity contribution < 1.29 is 0 Å². The van der Waals surface area contributed by atoms with Crippen LogP contribution >= 0.6 is 0 Å². The molecule has 0 spiro atoms. The van der Waals surface area contributed by atoms with E-state index in [9.17, 15) is 0 Å². The quantitative estimate of drug-likeness (QED) is 0.613. The van der Waals surface area contributed by atoms with Crippen LogP contribution in [0.4, 0.5) is 0 Å². The topological polar surface area (TPSA) is 0 Å². The molecule has 0 amide bonds. The highest BCUT2D eigenvalue weighted by molar-refractivity contribution is 4.87. The molecular formula is C13H24. The van der Waals surface area contributed by atoms with E-state index in [1.54, 1.807) is 0 Å². The lowest BCUT2D eigenvalue weighted by molar-refractivity contribution is 0.0512. The summed E-state index contributed by atoms with van der Waals surface area (Å²) in [5.41, 5.74) is 0. The van der Waals surface area contributed by atoms with Gasteiger partial charge in [-0.1, -0.05) is 46.5 Å². The molecule has 2 rings (SSSR count). The molecule has 2 fully saturated rings. The van der Waals surface area contributed by atoms with Crippen LogP contribution in [-0.4, -0.2) is 0 Å². The molecule has 0 nitrogen and oxygen atoms in total. The van der Waals surface area contributed by atoms with Gasteiger partial charge in [0.1, 0.15) is 0 Å². The fourth-order valence-corrected chi connectivity index (χ4v) is 3.26. The Morgan fingerprint density at radius 1 is 0.923 bits per heavy atom. The number of rotatable bonds is 3. The lowest BCUT2D eigenvalue weighted by Crippen LogP contribution is -2.36. The molecular weight excluding hydrogens is 156 g/mol. The van der Waals surface area contributed by atoms with Crippen LogP contribution in [0.15, 0.2) is 0 Å². The van der Waals surface area contributed by atoms with Crippen molar-refractivity contribution in [3.63, 3.8) is 0 Å². The Balaban J connectivity index is 1.84. The Kier molecular flexibility index (Phi) is 2.67. The molecule has 2 aliphatic carbocycles. The Bertz CT molecular complexity index is 169. The fourth-order valence-electron chi connectivity index (χ4n) is 3.26. The smallest absolute Gasteiger partial charge is 0.0360 e. The van der Waals surface area contributed by atoms with Crippen LogP contribution in [-0.2, 0) is 0 Å². The predicted molar refractivity (Wildman–Crippen MR) is 57.6 cm³/mol. The van der Waals surface area contributed by atoms with Gasteiger partial charge in [0.05, 0.1) is 0 Å². The van der Waals surface area contributed by atoms with Crippen LogP contribution in [0.3, 0.4) is 0 Å². The first kappa shape index (κ1) is 9.55. The maximum absolute atomic E-state index is 2.50. The molecule has 0 aromatic carbocycles. The maximum Gasteiger partial charge on any atom is -0.0360 e. The highest BCUT2D eigenvalue weighted by Crippen LogP contribution is 2.46. The predicted octanol–water partition coefficient (Wildman–Crippen LogP) is 4.10. The van der Waals surface area contributed by atoms with E-state index in [-0.39, 0.29) is 0 Å².